The van der Waals surface area contributed by atoms with Crippen molar-refractivity contribution in [3.05, 3.63) is 53.6 Å². The van der Waals surface area contributed by atoms with Crippen LogP contribution in [0.15, 0.2) is 47.4 Å². The van der Waals surface area contributed by atoms with E-state index >= 15 is 0 Å². The van der Waals surface area contributed by atoms with Gasteiger partial charge in [-0.3, -0.25) is 4.79 Å². The molecule has 6 heteroatoms. The number of ether oxygens (including phenoxy) is 2. The molecule has 2 aromatic rings. The molecule has 3 rings (SSSR count). The molecule has 0 spiro atoms. The minimum Gasteiger partial charge on any atom is -0.496 e. The number of para-hydroxylation sites is 1. The summed E-state index contributed by atoms with van der Waals surface area (Å²) < 4.78 is 10.8. The van der Waals surface area contributed by atoms with E-state index in [1.165, 1.54) is 7.11 Å². The largest absolute Gasteiger partial charge is 0.496 e. The van der Waals surface area contributed by atoms with Gasteiger partial charge in [-0.1, -0.05) is 18.2 Å². The number of thioether (sulfide) groups is 1. The van der Waals surface area contributed by atoms with E-state index in [0.717, 1.165) is 22.6 Å². The van der Waals surface area contributed by atoms with Crippen LogP contribution >= 0.6 is 11.8 Å². The number of hydrogen-bond donors (Lipinski definition) is 0. The van der Waals surface area contributed by atoms with E-state index in [1.54, 1.807) is 35.7 Å². The maximum absolute atomic E-state index is 13.0. The van der Waals surface area contributed by atoms with Crippen molar-refractivity contribution < 1.29 is 19.1 Å². The Morgan fingerprint density at radius 3 is 2.67 bits per heavy atom. The molecule has 0 saturated carbocycles. The summed E-state index contributed by atoms with van der Waals surface area (Å²) >= 11 is 1.56. The summed E-state index contributed by atoms with van der Waals surface area (Å²) in [5.74, 6) is -0.354. The second kappa shape index (κ2) is 8.05. The second-order valence-corrected chi connectivity index (χ2v) is 7.38. The van der Waals surface area contributed by atoms with Gasteiger partial charge in [-0.25, -0.2) is 4.79 Å². The fraction of sp³-hybridized carbons (Fsp3) is 0.333. The molecular weight excluding hydrogens is 362 g/mol. The van der Waals surface area contributed by atoms with Gasteiger partial charge in [0.05, 0.1) is 7.11 Å². The Morgan fingerprint density at radius 1 is 1.22 bits per heavy atom. The van der Waals surface area contributed by atoms with Gasteiger partial charge in [0.2, 0.25) is 0 Å². The van der Waals surface area contributed by atoms with Crippen LogP contribution in [0.2, 0.25) is 0 Å². The Bertz CT molecular complexity index is 867. The number of anilines is 1. The molecule has 0 aromatic heterocycles. The number of hydrogen-bond acceptors (Lipinski definition) is 5. The molecule has 1 aliphatic rings. The first-order valence-corrected chi connectivity index (χ1v) is 10.0. The summed E-state index contributed by atoms with van der Waals surface area (Å²) in [6.07, 6.45) is 1.85. The first kappa shape index (κ1) is 19.3. The molecule has 0 bridgehead atoms. The molecule has 0 aliphatic carbocycles. The molecule has 1 heterocycles. The standard InChI is InChI=1S/C21H23NO4S/c1-13-11-15-7-5-6-8-18(15)22(13)20(23)14(2)26-21(24)17-10-9-16(27-4)12-19(17)25-3/h5-10,12-14H,11H2,1-4H3/t13-,14+/m0/s1. The van der Waals surface area contributed by atoms with E-state index in [1.807, 2.05) is 43.5 Å². The predicted molar refractivity (Wildman–Crippen MR) is 107 cm³/mol. The zero-order chi connectivity index (χ0) is 19.6. The van der Waals surface area contributed by atoms with Crippen LogP contribution in [0.5, 0.6) is 5.75 Å². The van der Waals surface area contributed by atoms with Gasteiger partial charge in [0.15, 0.2) is 6.10 Å². The molecule has 0 N–H and O–H groups in total. The van der Waals surface area contributed by atoms with E-state index in [4.69, 9.17) is 9.47 Å². The first-order chi connectivity index (χ1) is 13.0. The molecule has 0 radical (unpaired) electrons. The van der Waals surface area contributed by atoms with Crippen LogP contribution in [0.4, 0.5) is 5.69 Å². The SMILES string of the molecule is COc1cc(SC)ccc1C(=O)O[C@H](C)C(=O)N1c2ccccc2C[C@@H]1C. The lowest BCUT2D eigenvalue weighted by Crippen LogP contribution is -2.43. The third-order valence-corrected chi connectivity index (χ3v) is 5.43. The molecule has 1 amide bonds. The molecular formula is C21H23NO4S. The number of amides is 1. The van der Waals surface area contributed by atoms with Crippen molar-refractivity contribution in [1.29, 1.82) is 0 Å². The van der Waals surface area contributed by atoms with Gasteiger partial charge in [-0.2, -0.15) is 0 Å². The number of benzene rings is 2. The normalized spacial score (nSPS) is 16.6. The van der Waals surface area contributed by atoms with Crippen LogP contribution in [-0.4, -0.2) is 37.4 Å². The van der Waals surface area contributed by atoms with Crippen LogP contribution in [-0.2, 0) is 16.0 Å². The van der Waals surface area contributed by atoms with Crippen molar-refractivity contribution in [1.82, 2.24) is 0 Å². The average molecular weight is 385 g/mol. The van der Waals surface area contributed by atoms with Crippen LogP contribution in [0.3, 0.4) is 0 Å². The van der Waals surface area contributed by atoms with Gasteiger partial charge in [-0.15, -0.1) is 11.8 Å². The molecule has 5 nitrogen and oxygen atoms in total. The van der Waals surface area contributed by atoms with Gasteiger partial charge in [0.1, 0.15) is 11.3 Å². The minimum atomic E-state index is -0.893. The molecule has 0 unspecified atom stereocenters. The van der Waals surface area contributed by atoms with Gasteiger partial charge >= 0.3 is 5.97 Å². The highest BCUT2D eigenvalue weighted by atomic mass is 32.2. The van der Waals surface area contributed by atoms with Crippen LogP contribution in [0.1, 0.15) is 29.8 Å². The van der Waals surface area contributed by atoms with E-state index < -0.39 is 12.1 Å². The molecule has 142 valence electrons. The molecule has 2 aromatic carbocycles. The molecule has 0 fully saturated rings. The quantitative estimate of drug-likeness (QED) is 0.576. The third-order valence-electron chi connectivity index (χ3n) is 4.70. The lowest BCUT2D eigenvalue weighted by atomic mass is 10.1. The first-order valence-electron chi connectivity index (χ1n) is 8.80. The molecule has 0 saturated heterocycles. The lowest BCUT2D eigenvalue weighted by molar-refractivity contribution is -0.126. The van der Waals surface area contributed by atoms with Crippen LogP contribution in [0, 0.1) is 0 Å². The zero-order valence-electron chi connectivity index (χ0n) is 15.9. The van der Waals surface area contributed by atoms with Crippen molar-refractivity contribution in [2.45, 2.75) is 37.3 Å². The fourth-order valence-corrected chi connectivity index (χ4v) is 3.77. The van der Waals surface area contributed by atoms with Crippen molar-refractivity contribution in [3.63, 3.8) is 0 Å². The monoisotopic (exact) mass is 385 g/mol. The number of methoxy groups -OCH3 is 1. The maximum atomic E-state index is 13.0. The Hall–Kier alpha value is -2.47. The van der Waals surface area contributed by atoms with E-state index in [9.17, 15) is 9.59 Å². The average Bonchev–Trinajstić information content (AvgIpc) is 3.02. The molecule has 27 heavy (non-hydrogen) atoms. The highest BCUT2D eigenvalue weighted by molar-refractivity contribution is 7.98. The summed E-state index contributed by atoms with van der Waals surface area (Å²) in [6.45, 7) is 3.60. The number of nitrogens with zero attached hydrogens (tertiary/aromatic N) is 1. The zero-order valence-corrected chi connectivity index (χ0v) is 16.7. The second-order valence-electron chi connectivity index (χ2n) is 6.50. The Labute approximate surface area is 163 Å². The summed E-state index contributed by atoms with van der Waals surface area (Å²) in [4.78, 5) is 28.3. The number of carbonyl (C=O) groups is 2. The number of esters is 1. The fourth-order valence-electron chi connectivity index (χ4n) is 3.34. The van der Waals surface area contributed by atoms with Crippen LogP contribution in [0.25, 0.3) is 0 Å². The third kappa shape index (κ3) is 3.81. The minimum absolute atomic E-state index is 0.0338. The van der Waals surface area contributed by atoms with E-state index in [2.05, 4.69) is 0 Å². The van der Waals surface area contributed by atoms with Gasteiger partial charge in [0.25, 0.3) is 5.91 Å². The Kier molecular flexibility index (Phi) is 5.75. The predicted octanol–water partition coefficient (Wildman–Crippen LogP) is 3.94. The highest BCUT2D eigenvalue weighted by Gasteiger charge is 2.34. The summed E-state index contributed by atoms with van der Waals surface area (Å²) in [7, 11) is 1.51. The van der Waals surface area contributed by atoms with Gasteiger partial charge in [0, 0.05) is 16.6 Å². The van der Waals surface area contributed by atoms with Crippen molar-refractivity contribution >= 4 is 29.3 Å². The summed E-state index contributed by atoms with van der Waals surface area (Å²) in [5, 5.41) is 0. The Balaban J connectivity index is 1.76. The maximum Gasteiger partial charge on any atom is 0.342 e. The van der Waals surface area contributed by atoms with E-state index in [0.29, 0.717) is 11.3 Å². The summed E-state index contributed by atoms with van der Waals surface area (Å²) in [6, 6.07) is 13.1. The van der Waals surface area contributed by atoms with Gasteiger partial charge in [-0.05, 0) is 56.4 Å². The lowest BCUT2D eigenvalue weighted by Gasteiger charge is -2.26. The summed E-state index contributed by atoms with van der Waals surface area (Å²) in [5.41, 5.74) is 2.33. The number of carbonyl (C=O) groups excluding carboxylic acids is 2. The number of rotatable bonds is 5. The van der Waals surface area contributed by atoms with Crippen molar-refractivity contribution in [3.8, 4) is 5.75 Å². The van der Waals surface area contributed by atoms with Crippen LogP contribution < -0.4 is 9.64 Å². The molecule has 2 atom stereocenters. The number of fused-ring (bicyclic) bond motifs is 1. The van der Waals surface area contributed by atoms with Gasteiger partial charge < -0.3 is 14.4 Å². The Morgan fingerprint density at radius 2 is 1.96 bits per heavy atom. The van der Waals surface area contributed by atoms with E-state index in [-0.39, 0.29) is 11.9 Å². The van der Waals surface area contributed by atoms with Crippen molar-refractivity contribution in [2.75, 3.05) is 18.3 Å². The topological polar surface area (TPSA) is 55.8 Å². The van der Waals surface area contributed by atoms with Crippen molar-refractivity contribution in [2.24, 2.45) is 0 Å². The molecule has 1 aliphatic heterocycles. The highest BCUT2D eigenvalue weighted by Crippen LogP contribution is 2.33. The smallest absolute Gasteiger partial charge is 0.342 e.